The standard InChI is InChI=1S/C16H20N2OS/c1-4-18(10-13-6-5-7-14(17)9-13)16(19)15-8-11(2)12(3)20-15/h5-9H,4,10,17H2,1-3H3. The lowest BCUT2D eigenvalue weighted by Crippen LogP contribution is -2.29. The van der Waals surface area contributed by atoms with Gasteiger partial charge in [-0.2, -0.15) is 0 Å². The van der Waals surface area contributed by atoms with E-state index in [0.717, 1.165) is 16.1 Å². The molecule has 3 nitrogen and oxygen atoms in total. The van der Waals surface area contributed by atoms with Crippen molar-refractivity contribution in [3.8, 4) is 0 Å². The zero-order chi connectivity index (χ0) is 14.7. The minimum Gasteiger partial charge on any atom is -0.399 e. The van der Waals surface area contributed by atoms with E-state index < -0.39 is 0 Å². The molecule has 1 amide bonds. The number of nitrogen functional groups attached to an aromatic ring is 1. The van der Waals surface area contributed by atoms with Crippen LogP contribution in [0.15, 0.2) is 30.3 Å². The fourth-order valence-electron chi connectivity index (χ4n) is 2.07. The van der Waals surface area contributed by atoms with Crippen molar-refractivity contribution >= 4 is 22.9 Å². The minimum atomic E-state index is 0.0936. The molecule has 0 spiro atoms. The third kappa shape index (κ3) is 3.20. The average Bonchev–Trinajstić information content (AvgIpc) is 2.75. The van der Waals surface area contributed by atoms with E-state index in [1.165, 1.54) is 10.4 Å². The second kappa shape index (κ2) is 6.09. The fourth-order valence-corrected chi connectivity index (χ4v) is 3.08. The van der Waals surface area contributed by atoms with Gasteiger partial charge < -0.3 is 10.6 Å². The molecular formula is C16H20N2OS. The van der Waals surface area contributed by atoms with Gasteiger partial charge in [0.15, 0.2) is 0 Å². The van der Waals surface area contributed by atoms with Gasteiger partial charge >= 0.3 is 0 Å². The van der Waals surface area contributed by atoms with Gasteiger partial charge in [0.25, 0.3) is 5.91 Å². The first kappa shape index (κ1) is 14.6. The topological polar surface area (TPSA) is 46.3 Å². The lowest BCUT2D eigenvalue weighted by atomic mass is 10.2. The summed E-state index contributed by atoms with van der Waals surface area (Å²) in [6, 6.07) is 9.67. The summed E-state index contributed by atoms with van der Waals surface area (Å²) in [5.74, 6) is 0.0936. The lowest BCUT2D eigenvalue weighted by Gasteiger charge is -2.20. The maximum atomic E-state index is 12.5. The van der Waals surface area contributed by atoms with Gasteiger partial charge in [0.2, 0.25) is 0 Å². The monoisotopic (exact) mass is 288 g/mol. The number of hydrogen-bond acceptors (Lipinski definition) is 3. The number of hydrogen-bond donors (Lipinski definition) is 1. The Balaban J connectivity index is 2.17. The average molecular weight is 288 g/mol. The Morgan fingerprint density at radius 2 is 2.05 bits per heavy atom. The van der Waals surface area contributed by atoms with Gasteiger partial charge in [0, 0.05) is 23.7 Å². The van der Waals surface area contributed by atoms with Crippen molar-refractivity contribution in [1.82, 2.24) is 4.90 Å². The van der Waals surface area contributed by atoms with Crippen LogP contribution in [0.3, 0.4) is 0 Å². The fraction of sp³-hybridized carbons (Fsp3) is 0.312. The third-order valence-corrected chi connectivity index (χ3v) is 4.51. The number of nitrogens with two attached hydrogens (primary N) is 1. The summed E-state index contributed by atoms with van der Waals surface area (Å²) in [5, 5.41) is 0. The smallest absolute Gasteiger partial charge is 0.264 e. The van der Waals surface area contributed by atoms with Crippen molar-refractivity contribution in [3.63, 3.8) is 0 Å². The molecule has 2 rings (SSSR count). The summed E-state index contributed by atoms with van der Waals surface area (Å²) in [7, 11) is 0. The maximum absolute atomic E-state index is 12.5. The van der Waals surface area contributed by atoms with Crippen molar-refractivity contribution in [2.45, 2.75) is 27.3 Å². The molecule has 1 heterocycles. The lowest BCUT2D eigenvalue weighted by molar-refractivity contribution is 0.0757. The molecule has 1 aromatic heterocycles. The van der Waals surface area contributed by atoms with Gasteiger partial charge in [0.1, 0.15) is 0 Å². The number of thiophene rings is 1. The molecule has 2 N–H and O–H groups in total. The molecule has 0 aliphatic rings. The third-order valence-electron chi connectivity index (χ3n) is 3.37. The highest BCUT2D eigenvalue weighted by atomic mass is 32.1. The number of carbonyl (C=O) groups excluding carboxylic acids is 1. The van der Waals surface area contributed by atoms with Crippen molar-refractivity contribution < 1.29 is 4.79 Å². The van der Waals surface area contributed by atoms with Crippen LogP contribution in [0.1, 0.15) is 32.6 Å². The van der Waals surface area contributed by atoms with Crippen molar-refractivity contribution in [2.24, 2.45) is 0 Å². The predicted molar refractivity (Wildman–Crippen MR) is 85.1 cm³/mol. The molecule has 0 fully saturated rings. The summed E-state index contributed by atoms with van der Waals surface area (Å²) in [6.45, 7) is 7.36. The van der Waals surface area contributed by atoms with Crippen LogP contribution in [-0.4, -0.2) is 17.4 Å². The predicted octanol–water partition coefficient (Wildman–Crippen LogP) is 3.61. The Kier molecular flexibility index (Phi) is 4.45. The Morgan fingerprint density at radius 1 is 1.30 bits per heavy atom. The number of anilines is 1. The highest BCUT2D eigenvalue weighted by Crippen LogP contribution is 2.23. The molecule has 0 unspecified atom stereocenters. The number of rotatable bonds is 4. The molecule has 20 heavy (non-hydrogen) atoms. The molecule has 1 aromatic carbocycles. The zero-order valence-corrected chi connectivity index (χ0v) is 13.0. The molecule has 4 heteroatoms. The summed E-state index contributed by atoms with van der Waals surface area (Å²) in [5.41, 5.74) is 8.75. The molecule has 0 radical (unpaired) electrons. The number of carbonyl (C=O) groups is 1. The zero-order valence-electron chi connectivity index (χ0n) is 12.1. The van der Waals surface area contributed by atoms with E-state index >= 15 is 0 Å². The molecule has 0 aliphatic carbocycles. The van der Waals surface area contributed by atoms with Crippen molar-refractivity contribution in [2.75, 3.05) is 12.3 Å². The van der Waals surface area contributed by atoms with Crippen LogP contribution < -0.4 is 5.73 Å². The first-order valence-corrected chi connectivity index (χ1v) is 7.53. The number of amides is 1. The molecule has 106 valence electrons. The summed E-state index contributed by atoms with van der Waals surface area (Å²) < 4.78 is 0. The van der Waals surface area contributed by atoms with Crippen LogP contribution in [0.4, 0.5) is 5.69 Å². The Labute approximate surface area is 124 Å². The number of benzene rings is 1. The molecular weight excluding hydrogens is 268 g/mol. The van der Waals surface area contributed by atoms with E-state index in [1.807, 2.05) is 56.0 Å². The first-order valence-electron chi connectivity index (χ1n) is 6.72. The molecule has 0 saturated carbocycles. The van der Waals surface area contributed by atoms with Crippen LogP contribution in [0.25, 0.3) is 0 Å². The Morgan fingerprint density at radius 3 is 2.60 bits per heavy atom. The second-order valence-corrected chi connectivity index (χ2v) is 6.17. The van der Waals surface area contributed by atoms with Crippen LogP contribution in [-0.2, 0) is 6.54 Å². The molecule has 0 atom stereocenters. The van der Waals surface area contributed by atoms with Crippen molar-refractivity contribution in [1.29, 1.82) is 0 Å². The van der Waals surface area contributed by atoms with E-state index in [4.69, 9.17) is 5.73 Å². The summed E-state index contributed by atoms with van der Waals surface area (Å²) >= 11 is 1.56. The maximum Gasteiger partial charge on any atom is 0.264 e. The van der Waals surface area contributed by atoms with Gasteiger partial charge in [0.05, 0.1) is 4.88 Å². The second-order valence-electron chi connectivity index (χ2n) is 4.91. The highest BCUT2D eigenvalue weighted by Gasteiger charge is 2.17. The molecule has 2 aromatic rings. The number of nitrogens with zero attached hydrogens (tertiary/aromatic N) is 1. The largest absolute Gasteiger partial charge is 0.399 e. The van der Waals surface area contributed by atoms with Gasteiger partial charge in [-0.25, -0.2) is 0 Å². The van der Waals surface area contributed by atoms with E-state index in [2.05, 4.69) is 0 Å². The number of aryl methyl sites for hydroxylation is 2. The Bertz CT molecular complexity index is 599. The van der Waals surface area contributed by atoms with Crippen LogP contribution in [0, 0.1) is 13.8 Å². The van der Waals surface area contributed by atoms with Crippen LogP contribution >= 0.6 is 11.3 Å². The van der Waals surface area contributed by atoms with E-state index in [1.54, 1.807) is 11.3 Å². The quantitative estimate of drug-likeness (QED) is 0.874. The van der Waals surface area contributed by atoms with Crippen LogP contribution in [0.2, 0.25) is 0 Å². The van der Waals surface area contributed by atoms with Gasteiger partial charge in [-0.3, -0.25) is 4.79 Å². The van der Waals surface area contributed by atoms with Crippen LogP contribution in [0.5, 0.6) is 0 Å². The minimum absolute atomic E-state index is 0.0936. The highest BCUT2D eigenvalue weighted by molar-refractivity contribution is 7.14. The molecule has 0 saturated heterocycles. The van der Waals surface area contributed by atoms with E-state index in [0.29, 0.717) is 13.1 Å². The SMILES string of the molecule is CCN(Cc1cccc(N)c1)C(=O)c1cc(C)c(C)s1. The summed E-state index contributed by atoms with van der Waals surface area (Å²) in [4.78, 5) is 16.4. The molecule has 0 aliphatic heterocycles. The summed E-state index contributed by atoms with van der Waals surface area (Å²) in [6.07, 6.45) is 0. The molecule has 0 bridgehead atoms. The van der Waals surface area contributed by atoms with E-state index in [9.17, 15) is 4.79 Å². The first-order chi connectivity index (χ1) is 9.51. The van der Waals surface area contributed by atoms with Gasteiger partial charge in [-0.05, 0) is 50.1 Å². The Hall–Kier alpha value is -1.81. The normalized spacial score (nSPS) is 10.6. The van der Waals surface area contributed by atoms with E-state index in [-0.39, 0.29) is 5.91 Å². The van der Waals surface area contributed by atoms with Gasteiger partial charge in [-0.1, -0.05) is 12.1 Å². The van der Waals surface area contributed by atoms with Gasteiger partial charge in [-0.15, -0.1) is 11.3 Å². The van der Waals surface area contributed by atoms with Crippen molar-refractivity contribution in [3.05, 3.63) is 51.2 Å².